The third-order valence-electron chi connectivity index (χ3n) is 9.33. The van der Waals surface area contributed by atoms with Crippen molar-refractivity contribution < 1.29 is 0 Å². The van der Waals surface area contributed by atoms with Crippen LogP contribution in [0.25, 0.3) is 89.4 Å². The predicted octanol–water partition coefficient (Wildman–Crippen LogP) is 11.5. The van der Waals surface area contributed by atoms with Gasteiger partial charge in [0.15, 0.2) is 17.5 Å². The molecule has 5 nitrogen and oxygen atoms in total. The highest BCUT2D eigenvalue weighted by Gasteiger charge is 2.18. The van der Waals surface area contributed by atoms with Gasteiger partial charge in [-0.2, -0.15) is 0 Å². The van der Waals surface area contributed by atoms with Crippen molar-refractivity contribution in [3.8, 4) is 78.7 Å². The third-order valence-corrected chi connectivity index (χ3v) is 9.33. The molecule has 0 saturated heterocycles. The zero-order valence-corrected chi connectivity index (χ0v) is 28.1. The number of aromatic nitrogens is 5. The Morgan fingerprint density at radius 2 is 0.750 bits per heavy atom. The monoisotopic (exact) mass is 665 g/mol. The molecule has 0 spiro atoms. The van der Waals surface area contributed by atoms with Crippen LogP contribution in [0.3, 0.4) is 0 Å². The van der Waals surface area contributed by atoms with E-state index >= 15 is 0 Å². The van der Waals surface area contributed by atoms with Crippen molar-refractivity contribution in [2.45, 2.75) is 0 Å². The lowest BCUT2D eigenvalue weighted by atomic mass is 9.86. The Morgan fingerprint density at radius 1 is 0.269 bits per heavy atom. The normalized spacial score (nSPS) is 11.1. The van der Waals surface area contributed by atoms with E-state index in [-0.39, 0.29) is 0 Å². The topological polar surface area (TPSA) is 64.5 Å². The smallest absolute Gasteiger partial charge is 0.165 e. The summed E-state index contributed by atoms with van der Waals surface area (Å²) in [4.78, 5) is 23.5. The lowest BCUT2D eigenvalue weighted by Gasteiger charge is -2.18. The first kappa shape index (κ1) is 30.9. The van der Waals surface area contributed by atoms with Gasteiger partial charge >= 0.3 is 0 Å². The Bertz CT molecular complexity index is 2620. The molecule has 9 aromatic rings. The number of nitrogens with zero attached hydrogens (tertiary/aromatic N) is 5. The first-order valence-corrected chi connectivity index (χ1v) is 17.2. The molecule has 5 heteroatoms. The van der Waals surface area contributed by atoms with Crippen LogP contribution >= 0.6 is 0 Å². The largest absolute Gasteiger partial charge is 0.264 e. The molecule has 52 heavy (non-hydrogen) atoms. The molecule has 0 unspecified atom stereocenters. The lowest BCUT2D eigenvalue weighted by molar-refractivity contribution is 1.07. The van der Waals surface area contributed by atoms with Crippen LogP contribution in [0, 0.1) is 0 Å². The summed E-state index contributed by atoms with van der Waals surface area (Å²) in [5.74, 6) is 1.68. The Hall–Kier alpha value is -7.11. The summed E-state index contributed by atoms with van der Waals surface area (Å²) in [5, 5.41) is 2.46. The van der Waals surface area contributed by atoms with Crippen LogP contribution < -0.4 is 0 Å². The summed E-state index contributed by atoms with van der Waals surface area (Å²) >= 11 is 0. The fourth-order valence-corrected chi connectivity index (χ4v) is 6.81. The molecule has 0 fully saturated rings. The van der Waals surface area contributed by atoms with Gasteiger partial charge in [0.1, 0.15) is 0 Å². The van der Waals surface area contributed by atoms with Crippen molar-refractivity contribution in [1.82, 2.24) is 24.9 Å². The fourth-order valence-electron chi connectivity index (χ4n) is 6.81. The van der Waals surface area contributed by atoms with Crippen molar-refractivity contribution >= 4 is 10.8 Å². The number of fused-ring (bicyclic) bond motifs is 1. The van der Waals surface area contributed by atoms with Gasteiger partial charge in [-0.1, -0.05) is 127 Å². The summed E-state index contributed by atoms with van der Waals surface area (Å²) in [6.45, 7) is 0. The molecular weight excluding hydrogens is 635 g/mol. The zero-order valence-electron chi connectivity index (χ0n) is 28.1. The Balaban J connectivity index is 1.22. The van der Waals surface area contributed by atoms with Crippen LogP contribution in [0.1, 0.15) is 0 Å². The number of hydrogen-bond acceptors (Lipinski definition) is 5. The molecule has 0 saturated carbocycles. The van der Waals surface area contributed by atoms with Gasteiger partial charge in [0.05, 0.1) is 0 Å². The molecule has 244 valence electrons. The quantitative estimate of drug-likeness (QED) is 0.169. The maximum Gasteiger partial charge on any atom is 0.165 e. The number of hydrogen-bond donors (Lipinski definition) is 0. The van der Waals surface area contributed by atoms with Gasteiger partial charge in [0, 0.05) is 41.5 Å². The van der Waals surface area contributed by atoms with E-state index in [1.807, 2.05) is 30.3 Å². The molecule has 3 aromatic heterocycles. The summed E-state index contributed by atoms with van der Waals surface area (Å²) in [6, 6.07) is 57.4. The van der Waals surface area contributed by atoms with E-state index < -0.39 is 0 Å². The highest BCUT2D eigenvalue weighted by Crippen LogP contribution is 2.43. The van der Waals surface area contributed by atoms with Gasteiger partial charge in [-0.15, -0.1) is 0 Å². The molecule has 6 aromatic carbocycles. The van der Waals surface area contributed by atoms with Gasteiger partial charge in [-0.25, -0.2) is 15.0 Å². The molecule has 0 bridgehead atoms. The minimum Gasteiger partial charge on any atom is -0.264 e. The lowest BCUT2D eigenvalue weighted by Crippen LogP contribution is -2.01. The van der Waals surface area contributed by atoms with Crippen molar-refractivity contribution in [2.24, 2.45) is 0 Å². The van der Waals surface area contributed by atoms with Gasteiger partial charge in [0.2, 0.25) is 0 Å². The minimum atomic E-state index is 0.554. The average molecular weight is 666 g/mol. The van der Waals surface area contributed by atoms with E-state index in [4.69, 9.17) is 15.0 Å². The first-order valence-electron chi connectivity index (χ1n) is 17.2. The second kappa shape index (κ2) is 13.7. The van der Waals surface area contributed by atoms with Crippen LogP contribution in [0.4, 0.5) is 0 Å². The summed E-state index contributed by atoms with van der Waals surface area (Å²) in [7, 11) is 0. The average Bonchev–Trinajstić information content (AvgIpc) is 3.24. The van der Waals surface area contributed by atoms with E-state index in [1.165, 1.54) is 27.5 Å². The van der Waals surface area contributed by atoms with Gasteiger partial charge in [0.25, 0.3) is 0 Å². The fraction of sp³-hybridized carbons (Fsp3) is 0. The molecule has 0 aliphatic rings. The molecule has 0 radical (unpaired) electrons. The van der Waals surface area contributed by atoms with E-state index in [9.17, 15) is 0 Å². The Labute approximate surface area is 302 Å². The van der Waals surface area contributed by atoms with E-state index in [1.54, 1.807) is 24.8 Å². The maximum atomic E-state index is 4.99. The second-order valence-electron chi connectivity index (χ2n) is 12.6. The summed E-state index contributed by atoms with van der Waals surface area (Å²) in [5.41, 5.74) is 11.7. The minimum absolute atomic E-state index is 0.554. The SMILES string of the molecule is c1ccc(-c2cc(-c3nc(-c4cccnc4)nc(-c4cccnc4)n3)ccc2-c2ccccc2-c2ccccc2-c2ccc3ccccc3c2)cc1. The zero-order chi connectivity index (χ0) is 34.7. The molecule has 0 atom stereocenters. The second-order valence-corrected chi connectivity index (χ2v) is 12.6. The third kappa shape index (κ3) is 6.01. The van der Waals surface area contributed by atoms with E-state index in [0.717, 1.165) is 44.5 Å². The molecule has 0 aliphatic heterocycles. The summed E-state index contributed by atoms with van der Waals surface area (Å²) in [6.07, 6.45) is 7.04. The number of rotatable bonds is 7. The summed E-state index contributed by atoms with van der Waals surface area (Å²) < 4.78 is 0. The Morgan fingerprint density at radius 3 is 1.37 bits per heavy atom. The highest BCUT2D eigenvalue weighted by atomic mass is 15.0. The van der Waals surface area contributed by atoms with Crippen LogP contribution in [-0.2, 0) is 0 Å². The van der Waals surface area contributed by atoms with Gasteiger partial charge in [-0.05, 0) is 91.7 Å². The van der Waals surface area contributed by atoms with Crippen molar-refractivity contribution in [1.29, 1.82) is 0 Å². The Kier molecular flexibility index (Phi) is 8.12. The molecular formula is C47H31N5. The standard InChI is InChI=1S/C47H31N5/c1-2-13-33(14-3-1)44-29-36(45-50-46(37-16-10-26-48-30-37)52-47(51-45)38-17-11-27-49-31-38)24-25-43(44)42-21-9-8-20-41(42)40-19-7-6-18-39(40)35-23-22-32-12-4-5-15-34(32)28-35/h1-31H. The van der Waals surface area contributed by atoms with Crippen LogP contribution in [0.15, 0.2) is 189 Å². The van der Waals surface area contributed by atoms with Crippen molar-refractivity contribution in [2.75, 3.05) is 0 Å². The molecule has 3 heterocycles. The van der Waals surface area contributed by atoms with Gasteiger partial charge < -0.3 is 0 Å². The van der Waals surface area contributed by atoms with Crippen molar-refractivity contribution in [3.63, 3.8) is 0 Å². The molecule has 9 rings (SSSR count). The maximum absolute atomic E-state index is 4.99. The van der Waals surface area contributed by atoms with Crippen LogP contribution in [-0.4, -0.2) is 24.9 Å². The number of benzene rings is 6. The molecule has 0 N–H and O–H groups in total. The molecule has 0 aliphatic carbocycles. The first-order chi connectivity index (χ1) is 25.8. The van der Waals surface area contributed by atoms with Crippen LogP contribution in [0.2, 0.25) is 0 Å². The van der Waals surface area contributed by atoms with E-state index in [2.05, 4.69) is 143 Å². The highest BCUT2D eigenvalue weighted by molar-refractivity contribution is 5.98. The van der Waals surface area contributed by atoms with Crippen molar-refractivity contribution in [3.05, 3.63) is 189 Å². The number of pyridine rings is 2. The van der Waals surface area contributed by atoms with E-state index in [0.29, 0.717) is 17.5 Å². The van der Waals surface area contributed by atoms with Crippen LogP contribution in [0.5, 0.6) is 0 Å². The molecule has 0 amide bonds. The van der Waals surface area contributed by atoms with Gasteiger partial charge in [-0.3, -0.25) is 9.97 Å². The predicted molar refractivity (Wildman–Crippen MR) is 211 cm³/mol.